The van der Waals surface area contributed by atoms with E-state index in [9.17, 15) is 23.5 Å². The van der Waals surface area contributed by atoms with E-state index < -0.39 is 24.2 Å². The Labute approximate surface area is 201 Å². The van der Waals surface area contributed by atoms with Crippen LogP contribution in [0.25, 0.3) is 0 Å². The van der Waals surface area contributed by atoms with Gasteiger partial charge in [0.15, 0.2) is 0 Å². The zero-order chi connectivity index (χ0) is 24.6. The number of Topliss-reactive ketones (excluding diaryl/α,β-unsaturated/α-hetero) is 1. The van der Waals surface area contributed by atoms with Crippen LogP contribution < -0.4 is 0 Å². The minimum Gasteiger partial charge on any atom is -0.461 e. The van der Waals surface area contributed by atoms with Crippen molar-refractivity contribution >= 4 is 11.8 Å². The summed E-state index contributed by atoms with van der Waals surface area (Å²) in [6.45, 7) is 2.11. The van der Waals surface area contributed by atoms with E-state index >= 15 is 0 Å². The number of aliphatic hydroxyl groups is 1. The quantitative estimate of drug-likeness (QED) is 0.278. The molecule has 0 amide bonds. The van der Waals surface area contributed by atoms with E-state index in [-0.39, 0.29) is 43.0 Å². The summed E-state index contributed by atoms with van der Waals surface area (Å²) in [5, 5.41) is 10.5. The lowest BCUT2D eigenvalue weighted by Gasteiger charge is -2.43. The molecule has 34 heavy (non-hydrogen) atoms. The fraction of sp³-hybridized carbons (Fsp3) is 0.704. The highest BCUT2D eigenvalue weighted by atomic mass is 19.3. The van der Waals surface area contributed by atoms with Gasteiger partial charge in [0.25, 0.3) is 0 Å². The van der Waals surface area contributed by atoms with Crippen LogP contribution in [0.2, 0.25) is 0 Å². The molecule has 1 heterocycles. The average molecular weight is 481 g/mol. The number of halogens is 2. The van der Waals surface area contributed by atoms with Crippen LogP contribution in [0, 0.1) is 11.8 Å². The molecule has 1 aliphatic heterocycles. The lowest BCUT2D eigenvalue weighted by atomic mass is 9.81. The molecule has 0 spiro atoms. The summed E-state index contributed by atoms with van der Waals surface area (Å²) in [6, 6.07) is 9.56. The van der Waals surface area contributed by atoms with Crippen LogP contribution in [0.15, 0.2) is 30.3 Å². The fourth-order valence-electron chi connectivity index (χ4n) is 5.22. The van der Waals surface area contributed by atoms with E-state index in [0.29, 0.717) is 32.1 Å². The molecular weight excluding hydrogens is 442 g/mol. The van der Waals surface area contributed by atoms with Crippen LogP contribution in [0.5, 0.6) is 0 Å². The van der Waals surface area contributed by atoms with Gasteiger partial charge in [-0.3, -0.25) is 9.59 Å². The van der Waals surface area contributed by atoms with Crippen molar-refractivity contribution in [1.29, 1.82) is 0 Å². The average Bonchev–Trinajstić information content (AvgIpc) is 3.12. The molecular formula is C27H38F2O5. The van der Waals surface area contributed by atoms with Crippen molar-refractivity contribution in [3.63, 3.8) is 0 Å². The number of unbranched alkanes of at least 4 members (excludes halogenated alkanes) is 4. The second kappa shape index (κ2) is 12.2. The molecule has 0 bridgehead atoms. The summed E-state index contributed by atoms with van der Waals surface area (Å²) in [7, 11) is 0. The predicted octanol–water partition coefficient (Wildman–Crippen LogP) is 5.97. The van der Waals surface area contributed by atoms with E-state index in [0.717, 1.165) is 31.2 Å². The molecule has 1 N–H and O–H groups in total. The summed E-state index contributed by atoms with van der Waals surface area (Å²) in [5.74, 6) is -6.21. The minimum atomic E-state index is -3.31. The lowest BCUT2D eigenvalue weighted by Crippen LogP contribution is -2.55. The Morgan fingerprint density at radius 3 is 2.65 bits per heavy atom. The number of alkyl halides is 2. The fourth-order valence-corrected chi connectivity index (χ4v) is 5.22. The van der Waals surface area contributed by atoms with Gasteiger partial charge in [0, 0.05) is 31.6 Å². The van der Waals surface area contributed by atoms with Crippen molar-refractivity contribution in [3.8, 4) is 0 Å². The normalized spacial score (nSPS) is 26.9. The summed E-state index contributed by atoms with van der Waals surface area (Å²) in [4.78, 5) is 24.4. The molecule has 4 unspecified atom stereocenters. The second-order valence-electron chi connectivity index (χ2n) is 9.83. The topological polar surface area (TPSA) is 72.8 Å². The van der Waals surface area contributed by atoms with E-state index in [1.54, 1.807) is 0 Å². The summed E-state index contributed by atoms with van der Waals surface area (Å²) >= 11 is 0. The van der Waals surface area contributed by atoms with E-state index in [1.165, 1.54) is 0 Å². The van der Waals surface area contributed by atoms with Crippen LogP contribution in [-0.2, 0) is 25.7 Å². The molecule has 2 aliphatic rings. The summed E-state index contributed by atoms with van der Waals surface area (Å²) < 4.78 is 39.9. The molecule has 5 nitrogen and oxygen atoms in total. The van der Waals surface area contributed by atoms with Gasteiger partial charge in [-0.2, -0.15) is 0 Å². The highest BCUT2D eigenvalue weighted by molar-refractivity contribution is 5.84. The van der Waals surface area contributed by atoms with Gasteiger partial charge in [0.2, 0.25) is 5.79 Å². The standard InChI is InChI=1S/C27H38F2O5/c1-2-3-16-26(28,29)27(32)17-15-22-21(23(30)18-24(22)34-27)13-9-4-5-10-14-25(31)33-19-20-11-7-6-8-12-20/h6-8,11-12,21-22,24,32H,2-5,9-10,13-19H2,1H3. The first-order valence-corrected chi connectivity index (χ1v) is 12.8. The van der Waals surface area contributed by atoms with Gasteiger partial charge in [0.1, 0.15) is 12.4 Å². The number of esters is 1. The molecule has 3 rings (SSSR count). The first-order chi connectivity index (χ1) is 16.3. The molecule has 1 aromatic carbocycles. The Bertz CT molecular complexity index is 799. The minimum absolute atomic E-state index is 0.0561. The zero-order valence-corrected chi connectivity index (χ0v) is 20.1. The van der Waals surface area contributed by atoms with Crippen molar-refractivity contribution in [1.82, 2.24) is 0 Å². The van der Waals surface area contributed by atoms with Gasteiger partial charge >= 0.3 is 11.9 Å². The van der Waals surface area contributed by atoms with Gasteiger partial charge in [-0.15, -0.1) is 0 Å². The molecule has 1 aliphatic carbocycles. The Balaban J connectivity index is 1.34. The molecule has 2 fully saturated rings. The zero-order valence-electron chi connectivity index (χ0n) is 20.1. The first kappa shape index (κ1) is 26.7. The maximum absolute atomic E-state index is 14.6. The van der Waals surface area contributed by atoms with E-state index in [1.807, 2.05) is 37.3 Å². The Hall–Kier alpha value is -1.86. The Morgan fingerprint density at radius 1 is 1.18 bits per heavy atom. The lowest BCUT2D eigenvalue weighted by molar-refractivity contribution is -0.356. The molecule has 4 atom stereocenters. The van der Waals surface area contributed by atoms with Crippen LogP contribution in [0.1, 0.15) is 89.5 Å². The number of rotatable bonds is 13. The predicted molar refractivity (Wildman–Crippen MR) is 124 cm³/mol. The third kappa shape index (κ3) is 6.85. The van der Waals surface area contributed by atoms with Crippen LogP contribution >= 0.6 is 0 Å². The van der Waals surface area contributed by atoms with Crippen molar-refractivity contribution in [2.75, 3.05) is 0 Å². The van der Waals surface area contributed by atoms with Crippen LogP contribution in [0.3, 0.4) is 0 Å². The molecule has 7 heteroatoms. The van der Waals surface area contributed by atoms with Crippen molar-refractivity contribution < 1.29 is 33.0 Å². The number of benzene rings is 1. The largest absolute Gasteiger partial charge is 0.461 e. The molecule has 1 saturated carbocycles. The van der Waals surface area contributed by atoms with Gasteiger partial charge in [-0.05, 0) is 37.2 Å². The Kier molecular flexibility index (Phi) is 9.60. The maximum Gasteiger partial charge on any atom is 0.306 e. The molecule has 1 aromatic rings. The highest BCUT2D eigenvalue weighted by Crippen LogP contribution is 2.49. The molecule has 0 aromatic heterocycles. The number of carbonyl (C=O) groups excluding carboxylic acids is 2. The number of hydrogen-bond acceptors (Lipinski definition) is 5. The third-order valence-corrected chi connectivity index (χ3v) is 7.28. The number of ether oxygens (including phenoxy) is 2. The monoisotopic (exact) mass is 480 g/mol. The number of hydrogen-bond donors (Lipinski definition) is 1. The first-order valence-electron chi connectivity index (χ1n) is 12.8. The Morgan fingerprint density at radius 2 is 1.91 bits per heavy atom. The van der Waals surface area contributed by atoms with Crippen LogP contribution in [0.4, 0.5) is 8.78 Å². The number of fused-ring (bicyclic) bond motifs is 1. The van der Waals surface area contributed by atoms with Crippen molar-refractivity contribution in [3.05, 3.63) is 35.9 Å². The third-order valence-electron chi connectivity index (χ3n) is 7.28. The molecule has 1 saturated heterocycles. The summed E-state index contributed by atoms with van der Waals surface area (Å²) in [5.41, 5.74) is 0.963. The van der Waals surface area contributed by atoms with Crippen molar-refractivity contribution in [2.24, 2.45) is 11.8 Å². The van der Waals surface area contributed by atoms with Crippen molar-refractivity contribution in [2.45, 2.75) is 108 Å². The number of carbonyl (C=O) groups is 2. The van der Waals surface area contributed by atoms with Gasteiger partial charge in [0.05, 0.1) is 6.10 Å². The van der Waals surface area contributed by atoms with E-state index in [4.69, 9.17) is 9.47 Å². The summed E-state index contributed by atoms with van der Waals surface area (Å²) in [6.07, 6.45) is 4.68. The SMILES string of the molecule is CCCCC(F)(F)C1(O)CCC2C(CC(=O)C2CCCCCCC(=O)OCc2ccccc2)O1. The van der Waals surface area contributed by atoms with Gasteiger partial charge in [-0.1, -0.05) is 62.9 Å². The highest BCUT2D eigenvalue weighted by Gasteiger charge is 2.59. The smallest absolute Gasteiger partial charge is 0.306 e. The number of ketones is 1. The molecule has 0 radical (unpaired) electrons. The molecule has 190 valence electrons. The maximum atomic E-state index is 14.6. The second-order valence-corrected chi connectivity index (χ2v) is 9.83. The van der Waals surface area contributed by atoms with Gasteiger partial charge in [-0.25, -0.2) is 8.78 Å². The van der Waals surface area contributed by atoms with Crippen LogP contribution in [-0.4, -0.2) is 34.7 Å². The van der Waals surface area contributed by atoms with E-state index in [2.05, 4.69) is 0 Å². The van der Waals surface area contributed by atoms with Gasteiger partial charge < -0.3 is 14.6 Å².